The number of benzene rings is 1. The van der Waals surface area contributed by atoms with Gasteiger partial charge in [-0.2, -0.15) is 0 Å². The molecular formula is C10H11FN2O4. The number of carboxylic acids is 1. The Hall–Kier alpha value is -2.02. The molecule has 0 bridgehead atoms. The predicted octanol–water partition coefficient (Wildman–Crippen LogP) is 1.60. The van der Waals surface area contributed by atoms with Gasteiger partial charge in [0.15, 0.2) is 0 Å². The summed E-state index contributed by atoms with van der Waals surface area (Å²) in [5.41, 5.74) is 5.33. The van der Waals surface area contributed by atoms with Gasteiger partial charge in [0.2, 0.25) is 0 Å². The Labute approximate surface area is 96.0 Å². The summed E-state index contributed by atoms with van der Waals surface area (Å²) >= 11 is 0. The number of hydrogen-bond donors (Lipinski definition) is 2. The van der Waals surface area contributed by atoms with Crippen LogP contribution in [0.3, 0.4) is 0 Å². The molecule has 1 atom stereocenters. The van der Waals surface area contributed by atoms with E-state index in [4.69, 9.17) is 10.8 Å². The minimum atomic E-state index is -1.06. The highest BCUT2D eigenvalue weighted by molar-refractivity contribution is 5.66. The highest BCUT2D eigenvalue weighted by Crippen LogP contribution is 2.27. The van der Waals surface area contributed by atoms with Gasteiger partial charge in [-0.15, -0.1) is 0 Å². The van der Waals surface area contributed by atoms with Crippen LogP contribution in [0.15, 0.2) is 18.2 Å². The monoisotopic (exact) mass is 242 g/mol. The van der Waals surface area contributed by atoms with Crippen LogP contribution in [0, 0.1) is 15.9 Å². The summed E-state index contributed by atoms with van der Waals surface area (Å²) in [4.78, 5) is 20.4. The number of rotatable bonds is 5. The van der Waals surface area contributed by atoms with Gasteiger partial charge in [-0.1, -0.05) is 0 Å². The maximum absolute atomic E-state index is 13.0. The molecule has 0 amide bonds. The van der Waals surface area contributed by atoms with Crippen LogP contribution in [0.2, 0.25) is 0 Å². The molecule has 0 aromatic heterocycles. The lowest BCUT2D eigenvalue weighted by atomic mass is 10.0. The third kappa shape index (κ3) is 3.49. The van der Waals surface area contributed by atoms with Crippen LogP contribution in [0.1, 0.15) is 24.4 Å². The van der Waals surface area contributed by atoms with Crippen molar-refractivity contribution in [2.45, 2.75) is 18.9 Å². The number of carbonyl (C=O) groups is 1. The van der Waals surface area contributed by atoms with Crippen molar-refractivity contribution in [2.75, 3.05) is 0 Å². The van der Waals surface area contributed by atoms with Crippen LogP contribution in [0.25, 0.3) is 0 Å². The Bertz CT molecular complexity index is 450. The molecule has 1 unspecified atom stereocenters. The summed E-state index contributed by atoms with van der Waals surface area (Å²) in [6.45, 7) is 0. The Morgan fingerprint density at radius 3 is 2.76 bits per heavy atom. The zero-order valence-corrected chi connectivity index (χ0v) is 8.80. The summed E-state index contributed by atoms with van der Waals surface area (Å²) in [6, 6.07) is 2.07. The number of nitrogens with two attached hydrogens (primary N) is 1. The number of halogens is 1. The molecule has 7 heteroatoms. The van der Waals surface area contributed by atoms with Crippen molar-refractivity contribution in [3.63, 3.8) is 0 Å². The normalized spacial score (nSPS) is 12.1. The minimum Gasteiger partial charge on any atom is -0.481 e. The molecule has 0 aliphatic rings. The summed E-state index contributed by atoms with van der Waals surface area (Å²) in [6.07, 6.45) is -0.214. The smallest absolute Gasteiger partial charge is 0.303 e. The number of carboxylic acid groups (broad SMARTS) is 1. The molecule has 0 saturated heterocycles. The van der Waals surface area contributed by atoms with Gasteiger partial charge in [-0.05, 0) is 18.6 Å². The van der Waals surface area contributed by atoms with E-state index in [1.165, 1.54) is 0 Å². The zero-order chi connectivity index (χ0) is 13.0. The van der Waals surface area contributed by atoms with Crippen molar-refractivity contribution in [3.8, 4) is 0 Å². The third-order valence-corrected chi connectivity index (χ3v) is 2.25. The van der Waals surface area contributed by atoms with E-state index in [0.717, 1.165) is 18.2 Å². The lowest BCUT2D eigenvalue weighted by Crippen LogP contribution is -2.14. The van der Waals surface area contributed by atoms with Crippen molar-refractivity contribution in [1.82, 2.24) is 0 Å². The Morgan fingerprint density at radius 1 is 1.59 bits per heavy atom. The fourth-order valence-corrected chi connectivity index (χ4v) is 1.42. The average Bonchev–Trinajstić information content (AvgIpc) is 2.25. The number of nitro groups is 1. The second-order valence-corrected chi connectivity index (χ2v) is 3.50. The highest BCUT2D eigenvalue weighted by Gasteiger charge is 2.20. The van der Waals surface area contributed by atoms with Crippen LogP contribution < -0.4 is 5.73 Å². The van der Waals surface area contributed by atoms with Gasteiger partial charge in [0, 0.05) is 24.1 Å². The number of hydrogen-bond acceptors (Lipinski definition) is 4. The van der Waals surface area contributed by atoms with E-state index in [2.05, 4.69) is 0 Å². The van der Waals surface area contributed by atoms with Crippen molar-refractivity contribution in [3.05, 3.63) is 39.7 Å². The molecule has 0 radical (unpaired) electrons. The Kier molecular flexibility index (Phi) is 4.11. The number of aliphatic carboxylic acids is 1. The molecule has 92 valence electrons. The SMILES string of the molecule is NC(CCC(=O)O)c1cc(F)ccc1[N+](=O)[O-]. The summed E-state index contributed by atoms with van der Waals surface area (Å²) < 4.78 is 13.0. The van der Waals surface area contributed by atoms with Crippen LogP contribution in [0.4, 0.5) is 10.1 Å². The first-order chi connectivity index (χ1) is 7.91. The summed E-state index contributed by atoms with van der Waals surface area (Å²) in [5, 5.41) is 19.2. The highest BCUT2D eigenvalue weighted by atomic mass is 19.1. The second-order valence-electron chi connectivity index (χ2n) is 3.50. The largest absolute Gasteiger partial charge is 0.481 e. The second kappa shape index (κ2) is 5.35. The van der Waals surface area contributed by atoms with E-state index in [9.17, 15) is 19.3 Å². The van der Waals surface area contributed by atoms with Gasteiger partial charge in [0.1, 0.15) is 5.82 Å². The van der Waals surface area contributed by atoms with Crippen molar-refractivity contribution < 1.29 is 19.2 Å². The topological polar surface area (TPSA) is 106 Å². The van der Waals surface area contributed by atoms with Crippen molar-refractivity contribution >= 4 is 11.7 Å². The first-order valence-corrected chi connectivity index (χ1v) is 4.83. The predicted molar refractivity (Wildman–Crippen MR) is 56.9 cm³/mol. The minimum absolute atomic E-state index is 0.0104. The van der Waals surface area contributed by atoms with E-state index in [1.54, 1.807) is 0 Å². The van der Waals surface area contributed by atoms with Crippen LogP contribution >= 0.6 is 0 Å². The molecule has 0 heterocycles. The van der Waals surface area contributed by atoms with E-state index < -0.39 is 22.8 Å². The van der Waals surface area contributed by atoms with E-state index in [-0.39, 0.29) is 24.1 Å². The van der Waals surface area contributed by atoms with Gasteiger partial charge in [-0.25, -0.2) is 4.39 Å². The fraction of sp³-hybridized carbons (Fsp3) is 0.300. The van der Waals surface area contributed by atoms with Crippen LogP contribution in [-0.2, 0) is 4.79 Å². The molecule has 1 aromatic carbocycles. The first-order valence-electron chi connectivity index (χ1n) is 4.83. The molecule has 1 rings (SSSR count). The maximum atomic E-state index is 13.0. The fourth-order valence-electron chi connectivity index (χ4n) is 1.42. The quantitative estimate of drug-likeness (QED) is 0.602. The van der Waals surface area contributed by atoms with Gasteiger partial charge in [0.05, 0.1) is 4.92 Å². The molecule has 0 aliphatic carbocycles. The molecule has 1 aromatic rings. The molecular weight excluding hydrogens is 231 g/mol. The Morgan fingerprint density at radius 2 is 2.24 bits per heavy atom. The molecule has 0 spiro atoms. The van der Waals surface area contributed by atoms with E-state index in [0.29, 0.717) is 0 Å². The first kappa shape index (κ1) is 13.0. The Balaban J connectivity index is 2.97. The third-order valence-electron chi connectivity index (χ3n) is 2.25. The molecule has 0 saturated carbocycles. The van der Waals surface area contributed by atoms with E-state index in [1.807, 2.05) is 0 Å². The van der Waals surface area contributed by atoms with Gasteiger partial charge < -0.3 is 10.8 Å². The van der Waals surface area contributed by atoms with Crippen molar-refractivity contribution in [2.24, 2.45) is 5.73 Å². The maximum Gasteiger partial charge on any atom is 0.303 e. The van der Waals surface area contributed by atoms with Crippen LogP contribution in [-0.4, -0.2) is 16.0 Å². The standard InChI is InChI=1S/C10H11FN2O4/c11-6-1-3-9(13(16)17)7(5-6)8(12)2-4-10(14)15/h1,3,5,8H,2,4,12H2,(H,14,15). The molecule has 17 heavy (non-hydrogen) atoms. The lowest BCUT2D eigenvalue weighted by Gasteiger charge is -2.10. The zero-order valence-electron chi connectivity index (χ0n) is 8.80. The van der Waals surface area contributed by atoms with Gasteiger partial charge in [0.25, 0.3) is 5.69 Å². The summed E-state index contributed by atoms with van der Waals surface area (Å²) in [7, 11) is 0. The van der Waals surface area contributed by atoms with Gasteiger partial charge >= 0.3 is 5.97 Å². The number of nitrogens with zero attached hydrogens (tertiary/aromatic N) is 1. The molecule has 0 aliphatic heterocycles. The number of nitro benzene ring substituents is 1. The summed E-state index contributed by atoms with van der Waals surface area (Å²) in [5.74, 6) is -1.70. The molecule has 3 N–H and O–H groups in total. The van der Waals surface area contributed by atoms with E-state index >= 15 is 0 Å². The van der Waals surface area contributed by atoms with Crippen LogP contribution in [0.5, 0.6) is 0 Å². The molecule has 0 fully saturated rings. The molecule has 6 nitrogen and oxygen atoms in total. The lowest BCUT2D eigenvalue weighted by molar-refractivity contribution is -0.385. The van der Waals surface area contributed by atoms with Crippen molar-refractivity contribution in [1.29, 1.82) is 0 Å². The van der Waals surface area contributed by atoms with Gasteiger partial charge in [-0.3, -0.25) is 14.9 Å². The average molecular weight is 242 g/mol.